The molecule has 6 nitrogen and oxygen atoms in total. The van der Waals surface area contributed by atoms with E-state index in [-0.39, 0.29) is 5.91 Å². The molecule has 0 saturated heterocycles. The first-order chi connectivity index (χ1) is 10.8. The van der Waals surface area contributed by atoms with Gasteiger partial charge in [-0.3, -0.25) is 9.78 Å². The first-order valence-electron chi connectivity index (χ1n) is 6.89. The Morgan fingerprint density at radius 2 is 2.18 bits per heavy atom. The third kappa shape index (κ3) is 3.04. The van der Waals surface area contributed by atoms with Crippen LogP contribution in [0.5, 0.6) is 0 Å². The van der Waals surface area contributed by atoms with Gasteiger partial charge in [-0.1, -0.05) is 6.07 Å². The van der Waals surface area contributed by atoms with Gasteiger partial charge >= 0.3 is 0 Å². The second-order valence-electron chi connectivity index (χ2n) is 4.60. The van der Waals surface area contributed by atoms with E-state index in [9.17, 15) is 4.79 Å². The molecule has 3 aromatic heterocycles. The summed E-state index contributed by atoms with van der Waals surface area (Å²) >= 11 is 1.56. The van der Waals surface area contributed by atoms with E-state index in [2.05, 4.69) is 25.6 Å². The highest BCUT2D eigenvalue weighted by atomic mass is 32.1. The van der Waals surface area contributed by atoms with Crippen LogP contribution in [0.2, 0.25) is 0 Å². The van der Waals surface area contributed by atoms with Gasteiger partial charge in [0.2, 0.25) is 5.91 Å². The van der Waals surface area contributed by atoms with Crippen molar-refractivity contribution in [2.24, 2.45) is 0 Å². The Morgan fingerprint density at radius 3 is 2.95 bits per heavy atom. The summed E-state index contributed by atoms with van der Waals surface area (Å²) in [7, 11) is 1.63. The molecule has 3 rings (SSSR count). The summed E-state index contributed by atoms with van der Waals surface area (Å²) in [6, 6.07) is 7.62. The van der Waals surface area contributed by atoms with Gasteiger partial charge in [-0.2, -0.15) is 0 Å². The maximum absolute atomic E-state index is 11.3. The number of pyridine rings is 1. The molecule has 0 bridgehead atoms. The zero-order valence-corrected chi connectivity index (χ0v) is 12.9. The molecule has 112 valence electrons. The molecule has 0 aliphatic heterocycles. The molecule has 7 heteroatoms. The number of amides is 1. The quantitative estimate of drug-likeness (QED) is 0.755. The summed E-state index contributed by atoms with van der Waals surface area (Å²) in [4.78, 5) is 25.6. The topological polar surface area (TPSA) is 79.8 Å². The fraction of sp³-hybridized carbons (Fsp3) is 0.200. The predicted octanol–water partition coefficient (Wildman–Crippen LogP) is 2.30. The van der Waals surface area contributed by atoms with Gasteiger partial charge in [0.25, 0.3) is 0 Å². The molecule has 0 spiro atoms. The first kappa shape index (κ1) is 14.4. The number of aromatic nitrogens is 3. The number of nitrogens with zero attached hydrogens (tertiary/aromatic N) is 3. The monoisotopic (exact) mass is 313 g/mol. The average molecular weight is 313 g/mol. The van der Waals surface area contributed by atoms with Crippen molar-refractivity contribution in [3.63, 3.8) is 0 Å². The van der Waals surface area contributed by atoms with E-state index in [0.29, 0.717) is 18.8 Å². The lowest BCUT2D eigenvalue weighted by Gasteiger charge is -2.08. The van der Waals surface area contributed by atoms with E-state index in [1.165, 1.54) is 0 Å². The Labute approximate surface area is 131 Å². The van der Waals surface area contributed by atoms with Crippen molar-refractivity contribution in [3.8, 4) is 11.5 Å². The zero-order chi connectivity index (χ0) is 15.4. The number of fused-ring (bicyclic) bond motifs is 1. The van der Waals surface area contributed by atoms with Crippen molar-refractivity contribution in [1.82, 2.24) is 20.3 Å². The van der Waals surface area contributed by atoms with Crippen molar-refractivity contribution < 1.29 is 4.79 Å². The Morgan fingerprint density at radius 1 is 1.27 bits per heavy atom. The summed E-state index contributed by atoms with van der Waals surface area (Å²) in [5.41, 5.74) is 0.729. The van der Waals surface area contributed by atoms with E-state index in [0.717, 1.165) is 21.7 Å². The second-order valence-corrected chi connectivity index (χ2v) is 5.49. The highest BCUT2D eigenvalue weighted by Crippen LogP contribution is 2.27. The minimum absolute atomic E-state index is 0.00642. The van der Waals surface area contributed by atoms with E-state index in [1.807, 2.05) is 29.6 Å². The van der Waals surface area contributed by atoms with Crippen LogP contribution in [0.3, 0.4) is 0 Å². The average Bonchev–Trinajstić information content (AvgIpc) is 3.04. The maximum atomic E-state index is 11.3. The van der Waals surface area contributed by atoms with Crippen LogP contribution in [0.4, 0.5) is 5.82 Å². The van der Waals surface area contributed by atoms with E-state index < -0.39 is 0 Å². The van der Waals surface area contributed by atoms with Crippen LogP contribution < -0.4 is 10.6 Å². The van der Waals surface area contributed by atoms with Crippen LogP contribution in [-0.2, 0) is 4.79 Å². The fourth-order valence-corrected chi connectivity index (χ4v) is 2.78. The molecule has 0 atom stereocenters. The van der Waals surface area contributed by atoms with Crippen molar-refractivity contribution in [2.75, 3.05) is 18.9 Å². The number of anilines is 1. The molecule has 3 aromatic rings. The fourth-order valence-electron chi connectivity index (χ4n) is 2.02. The second kappa shape index (κ2) is 6.48. The first-order valence-corrected chi connectivity index (χ1v) is 7.77. The van der Waals surface area contributed by atoms with Crippen LogP contribution in [0.25, 0.3) is 21.7 Å². The summed E-state index contributed by atoms with van der Waals surface area (Å²) in [5.74, 6) is 1.31. The van der Waals surface area contributed by atoms with Crippen LogP contribution in [0, 0.1) is 0 Å². The Kier molecular flexibility index (Phi) is 4.24. The third-order valence-corrected chi connectivity index (χ3v) is 3.95. The third-order valence-electron chi connectivity index (χ3n) is 3.14. The Balaban J connectivity index is 1.91. The molecular weight excluding hydrogens is 298 g/mol. The smallest absolute Gasteiger partial charge is 0.221 e. The molecule has 3 heterocycles. The zero-order valence-electron chi connectivity index (χ0n) is 12.0. The van der Waals surface area contributed by atoms with Gasteiger partial charge in [-0.15, -0.1) is 11.3 Å². The van der Waals surface area contributed by atoms with Gasteiger partial charge in [0, 0.05) is 26.2 Å². The van der Waals surface area contributed by atoms with Crippen molar-refractivity contribution >= 4 is 33.3 Å². The molecular formula is C15H15N5OS. The Hall–Kier alpha value is -2.54. The van der Waals surface area contributed by atoms with Gasteiger partial charge in [0.05, 0.1) is 5.39 Å². The number of carbonyl (C=O) groups is 1. The van der Waals surface area contributed by atoms with Gasteiger partial charge in [-0.25, -0.2) is 9.97 Å². The Bertz CT molecular complexity index is 787. The van der Waals surface area contributed by atoms with E-state index >= 15 is 0 Å². The van der Waals surface area contributed by atoms with Gasteiger partial charge in [0.15, 0.2) is 5.82 Å². The molecule has 0 aromatic carbocycles. The molecule has 0 unspecified atom stereocenters. The standard InChI is InChI=1S/C15H15N5OS/c1-16-12(21)5-8-18-13-10-6-9-22-15(10)20-14(19-13)11-4-2-3-7-17-11/h2-4,6-7,9H,5,8H2,1H3,(H,16,21)(H,18,19,20). The van der Waals surface area contributed by atoms with Crippen LogP contribution >= 0.6 is 11.3 Å². The summed E-state index contributed by atoms with van der Waals surface area (Å²) in [6.45, 7) is 0.517. The lowest BCUT2D eigenvalue weighted by molar-refractivity contribution is -0.120. The van der Waals surface area contributed by atoms with Crippen molar-refractivity contribution in [1.29, 1.82) is 0 Å². The minimum atomic E-state index is -0.00642. The van der Waals surface area contributed by atoms with Gasteiger partial charge < -0.3 is 10.6 Å². The normalized spacial score (nSPS) is 10.6. The molecule has 0 radical (unpaired) electrons. The molecule has 0 aliphatic carbocycles. The maximum Gasteiger partial charge on any atom is 0.221 e. The van der Waals surface area contributed by atoms with E-state index in [1.54, 1.807) is 24.6 Å². The SMILES string of the molecule is CNC(=O)CCNc1nc(-c2ccccn2)nc2sccc12. The number of carbonyl (C=O) groups excluding carboxylic acids is 1. The summed E-state index contributed by atoms with van der Waals surface area (Å²) in [5, 5.41) is 8.75. The van der Waals surface area contributed by atoms with Crippen molar-refractivity contribution in [2.45, 2.75) is 6.42 Å². The minimum Gasteiger partial charge on any atom is -0.369 e. The number of rotatable bonds is 5. The van der Waals surface area contributed by atoms with Crippen LogP contribution in [0.15, 0.2) is 35.8 Å². The van der Waals surface area contributed by atoms with Crippen molar-refractivity contribution in [3.05, 3.63) is 35.8 Å². The highest BCUT2D eigenvalue weighted by molar-refractivity contribution is 7.16. The largest absolute Gasteiger partial charge is 0.369 e. The molecule has 1 amide bonds. The van der Waals surface area contributed by atoms with Gasteiger partial charge in [-0.05, 0) is 23.6 Å². The number of hydrogen-bond acceptors (Lipinski definition) is 6. The predicted molar refractivity (Wildman–Crippen MR) is 87.8 cm³/mol. The van der Waals surface area contributed by atoms with Crippen LogP contribution in [0.1, 0.15) is 6.42 Å². The molecule has 0 saturated carbocycles. The lowest BCUT2D eigenvalue weighted by Crippen LogP contribution is -2.21. The van der Waals surface area contributed by atoms with E-state index in [4.69, 9.17) is 0 Å². The summed E-state index contributed by atoms with van der Waals surface area (Å²) < 4.78 is 0. The van der Waals surface area contributed by atoms with Gasteiger partial charge in [0.1, 0.15) is 16.3 Å². The molecule has 0 fully saturated rings. The highest BCUT2D eigenvalue weighted by Gasteiger charge is 2.11. The van der Waals surface area contributed by atoms with Crippen LogP contribution in [-0.4, -0.2) is 34.5 Å². The summed E-state index contributed by atoms with van der Waals surface area (Å²) in [6.07, 6.45) is 2.11. The number of nitrogens with one attached hydrogen (secondary N) is 2. The lowest BCUT2D eigenvalue weighted by atomic mass is 10.3. The number of thiophene rings is 1. The molecule has 0 aliphatic rings. The number of hydrogen-bond donors (Lipinski definition) is 2. The molecule has 22 heavy (non-hydrogen) atoms. The molecule has 2 N–H and O–H groups in total.